The fourth-order valence-corrected chi connectivity index (χ4v) is 3.67. The topological polar surface area (TPSA) is 86.3 Å². The summed E-state index contributed by atoms with van der Waals surface area (Å²) in [7, 11) is 0. The predicted octanol–water partition coefficient (Wildman–Crippen LogP) is 2.87. The molecule has 6 heteroatoms. The molecule has 1 amide bonds. The lowest BCUT2D eigenvalue weighted by Gasteiger charge is -2.21. The van der Waals surface area contributed by atoms with Crippen LogP contribution in [0.5, 0.6) is 0 Å². The summed E-state index contributed by atoms with van der Waals surface area (Å²) in [6, 6.07) is 5.40. The number of aromatic amines is 1. The van der Waals surface area contributed by atoms with Crippen molar-refractivity contribution in [2.24, 2.45) is 5.92 Å². The van der Waals surface area contributed by atoms with Crippen LogP contribution in [-0.4, -0.2) is 33.3 Å². The van der Waals surface area contributed by atoms with Crippen molar-refractivity contribution in [3.8, 4) is 0 Å². The largest absolute Gasteiger partial charge is 0.503 e. The van der Waals surface area contributed by atoms with Gasteiger partial charge < -0.3 is 15.0 Å². The molecule has 1 saturated carbocycles. The zero-order valence-electron chi connectivity index (χ0n) is 13.3. The Kier molecular flexibility index (Phi) is 3.59. The number of nitrogens with zero attached hydrogens (tertiary/aromatic N) is 2. The van der Waals surface area contributed by atoms with Gasteiger partial charge in [0.25, 0.3) is 5.91 Å². The van der Waals surface area contributed by atoms with E-state index in [4.69, 9.17) is 0 Å². The first-order valence-electron chi connectivity index (χ1n) is 8.36. The predicted molar refractivity (Wildman–Crippen MR) is 89.7 cm³/mol. The van der Waals surface area contributed by atoms with Crippen LogP contribution < -0.4 is 4.90 Å². The van der Waals surface area contributed by atoms with E-state index in [2.05, 4.69) is 9.97 Å². The summed E-state index contributed by atoms with van der Waals surface area (Å²) >= 11 is 0. The van der Waals surface area contributed by atoms with E-state index in [0.29, 0.717) is 5.69 Å². The zero-order chi connectivity index (χ0) is 16.7. The lowest BCUT2D eigenvalue weighted by Crippen LogP contribution is -2.28. The maximum Gasteiger partial charge on any atom is 0.293 e. The number of rotatable bonds is 3. The Labute approximate surface area is 139 Å². The van der Waals surface area contributed by atoms with Crippen LogP contribution in [0.1, 0.15) is 32.1 Å². The zero-order valence-corrected chi connectivity index (χ0v) is 13.3. The fraction of sp³-hybridized carbons (Fsp3) is 0.389. The van der Waals surface area contributed by atoms with E-state index in [9.17, 15) is 14.7 Å². The Hall–Kier alpha value is -2.63. The normalized spacial score (nSPS) is 19.5. The highest BCUT2D eigenvalue weighted by molar-refractivity contribution is 6.16. The van der Waals surface area contributed by atoms with Crippen LogP contribution in [0.3, 0.4) is 0 Å². The van der Waals surface area contributed by atoms with Gasteiger partial charge in [0.05, 0.1) is 29.5 Å². The second-order valence-corrected chi connectivity index (χ2v) is 6.52. The van der Waals surface area contributed by atoms with Crippen molar-refractivity contribution in [1.82, 2.24) is 9.97 Å². The number of amides is 1. The first-order valence-corrected chi connectivity index (χ1v) is 8.36. The van der Waals surface area contributed by atoms with Crippen molar-refractivity contribution in [3.63, 3.8) is 0 Å². The first-order chi connectivity index (χ1) is 11.6. The van der Waals surface area contributed by atoms with E-state index in [-0.39, 0.29) is 23.8 Å². The molecule has 0 saturated heterocycles. The summed E-state index contributed by atoms with van der Waals surface area (Å²) in [4.78, 5) is 33.7. The van der Waals surface area contributed by atoms with Crippen LogP contribution in [0.2, 0.25) is 0 Å². The van der Waals surface area contributed by atoms with Crippen LogP contribution in [0.15, 0.2) is 35.9 Å². The molecule has 0 radical (unpaired) electrons. The number of carbonyl (C=O) groups excluding carboxylic acids is 2. The number of anilines is 1. The summed E-state index contributed by atoms with van der Waals surface area (Å²) in [5, 5.41) is 10.2. The van der Waals surface area contributed by atoms with Gasteiger partial charge in [-0.15, -0.1) is 0 Å². The average molecular weight is 325 g/mol. The molecule has 1 aromatic heterocycles. The van der Waals surface area contributed by atoms with E-state index in [0.717, 1.165) is 43.1 Å². The molecule has 2 N–H and O–H groups in total. The Morgan fingerprint density at radius 3 is 2.83 bits per heavy atom. The van der Waals surface area contributed by atoms with Gasteiger partial charge in [0.2, 0.25) is 0 Å². The molecular weight excluding hydrogens is 306 g/mol. The highest BCUT2D eigenvalue weighted by Crippen LogP contribution is 2.32. The van der Waals surface area contributed by atoms with E-state index in [1.54, 1.807) is 12.4 Å². The molecule has 2 aromatic rings. The number of H-pyrrole nitrogens is 1. The van der Waals surface area contributed by atoms with E-state index in [1.807, 2.05) is 12.1 Å². The van der Waals surface area contributed by atoms with Gasteiger partial charge in [-0.2, -0.15) is 0 Å². The van der Waals surface area contributed by atoms with Crippen LogP contribution >= 0.6 is 0 Å². The van der Waals surface area contributed by atoms with Crippen LogP contribution in [0, 0.1) is 5.92 Å². The van der Waals surface area contributed by atoms with Crippen LogP contribution in [0.4, 0.5) is 5.69 Å². The van der Waals surface area contributed by atoms with Gasteiger partial charge >= 0.3 is 0 Å². The first kappa shape index (κ1) is 14.9. The molecule has 1 aliphatic heterocycles. The third-order valence-corrected chi connectivity index (χ3v) is 5.04. The standard InChI is InChI=1S/C18H19N3O3/c22-16(11-4-2-1-3-5-11)13-9-21(18(24)17(13)23)12-6-7-14-15(8-12)20-10-19-14/h6-8,10-11,23H,1-5,9H2,(H,19,20). The molecule has 2 aliphatic rings. The molecule has 1 aromatic carbocycles. The summed E-state index contributed by atoms with van der Waals surface area (Å²) in [5.74, 6) is -1.02. The number of nitrogens with one attached hydrogen (secondary N) is 1. The van der Waals surface area contributed by atoms with Gasteiger partial charge in [-0.05, 0) is 31.0 Å². The van der Waals surface area contributed by atoms with Gasteiger partial charge in [0.15, 0.2) is 11.5 Å². The molecule has 1 fully saturated rings. The Morgan fingerprint density at radius 2 is 2.04 bits per heavy atom. The number of aliphatic hydroxyl groups is 1. The lowest BCUT2D eigenvalue weighted by molar-refractivity contribution is -0.121. The molecule has 124 valence electrons. The van der Waals surface area contributed by atoms with E-state index >= 15 is 0 Å². The van der Waals surface area contributed by atoms with Crippen molar-refractivity contribution < 1.29 is 14.7 Å². The number of aliphatic hydroxyl groups excluding tert-OH is 1. The van der Waals surface area contributed by atoms with Crippen molar-refractivity contribution in [1.29, 1.82) is 0 Å². The smallest absolute Gasteiger partial charge is 0.293 e. The third-order valence-electron chi connectivity index (χ3n) is 5.04. The number of fused-ring (bicyclic) bond motifs is 1. The number of benzene rings is 1. The van der Waals surface area contributed by atoms with E-state index < -0.39 is 11.7 Å². The van der Waals surface area contributed by atoms with Crippen molar-refractivity contribution in [2.75, 3.05) is 11.4 Å². The average Bonchev–Trinajstić information content (AvgIpc) is 3.20. The minimum absolute atomic E-state index is 0.0567. The van der Waals surface area contributed by atoms with Crippen molar-refractivity contribution in [2.45, 2.75) is 32.1 Å². The maximum absolute atomic E-state index is 12.7. The lowest BCUT2D eigenvalue weighted by atomic mass is 9.83. The number of carbonyl (C=O) groups is 2. The van der Waals surface area contributed by atoms with Crippen molar-refractivity contribution in [3.05, 3.63) is 35.9 Å². The summed E-state index contributed by atoms with van der Waals surface area (Å²) in [6.45, 7) is 0.139. The molecule has 1 aliphatic carbocycles. The third kappa shape index (κ3) is 2.38. The van der Waals surface area contributed by atoms with Gasteiger partial charge in [0.1, 0.15) is 0 Å². The molecule has 0 bridgehead atoms. The van der Waals surface area contributed by atoms with E-state index in [1.165, 1.54) is 4.90 Å². The monoisotopic (exact) mass is 325 g/mol. The number of hydrogen-bond donors (Lipinski definition) is 2. The highest BCUT2D eigenvalue weighted by Gasteiger charge is 2.37. The molecule has 0 atom stereocenters. The summed E-state index contributed by atoms with van der Waals surface area (Å²) < 4.78 is 0. The van der Waals surface area contributed by atoms with Crippen LogP contribution in [-0.2, 0) is 9.59 Å². The second-order valence-electron chi connectivity index (χ2n) is 6.52. The SMILES string of the molecule is O=C(C1=C(O)C(=O)N(c2ccc3nc[nH]c3c2)C1)C1CCCCC1. The summed E-state index contributed by atoms with van der Waals surface area (Å²) in [6.07, 6.45) is 6.53. The number of hydrogen-bond acceptors (Lipinski definition) is 4. The number of aromatic nitrogens is 2. The molecule has 0 unspecified atom stereocenters. The fourth-order valence-electron chi connectivity index (χ4n) is 3.67. The molecular formula is C18H19N3O3. The number of imidazole rings is 1. The highest BCUT2D eigenvalue weighted by atomic mass is 16.3. The maximum atomic E-state index is 12.7. The number of ketones is 1. The second kappa shape index (κ2) is 5.78. The molecule has 2 heterocycles. The Balaban J connectivity index is 1.60. The molecule has 0 spiro atoms. The number of Topliss-reactive ketones (excluding diaryl/α,β-unsaturated/α-hetero) is 1. The Bertz CT molecular complexity index is 846. The molecule has 6 nitrogen and oxygen atoms in total. The van der Waals surface area contributed by atoms with Gasteiger partial charge in [0, 0.05) is 11.6 Å². The van der Waals surface area contributed by atoms with Gasteiger partial charge in [-0.25, -0.2) is 4.98 Å². The Morgan fingerprint density at radius 1 is 1.25 bits per heavy atom. The molecule has 4 rings (SSSR count). The minimum Gasteiger partial charge on any atom is -0.503 e. The molecule has 24 heavy (non-hydrogen) atoms. The van der Waals surface area contributed by atoms with Gasteiger partial charge in [-0.1, -0.05) is 19.3 Å². The quantitative estimate of drug-likeness (QED) is 0.908. The van der Waals surface area contributed by atoms with Crippen LogP contribution in [0.25, 0.3) is 11.0 Å². The minimum atomic E-state index is -0.506. The van der Waals surface area contributed by atoms with Crippen molar-refractivity contribution >= 4 is 28.4 Å². The summed E-state index contributed by atoms with van der Waals surface area (Å²) in [5.41, 5.74) is 2.53. The van der Waals surface area contributed by atoms with Gasteiger partial charge in [-0.3, -0.25) is 9.59 Å².